The molecule has 7 nitrogen and oxygen atoms in total. The van der Waals surface area contributed by atoms with Gasteiger partial charge in [0.2, 0.25) is 0 Å². The number of rotatable bonds is 7. The number of carbonyl (C=O) groups excluding carboxylic acids is 1. The first-order chi connectivity index (χ1) is 11.7. The van der Waals surface area contributed by atoms with Crippen LogP contribution in [0.25, 0.3) is 0 Å². The molecule has 2 rings (SSSR count). The number of benzene rings is 1. The summed E-state index contributed by atoms with van der Waals surface area (Å²) in [5.74, 6) is -1.88. The largest absolute Gasteiger partial charge is 0.481 e. The topological polar surface area (TPSA) is 114 Å². The fourth-order valence-corrected chi connectivity index (χ4v) is 3.13. The van der Waals surface area contributed by atoms with Crippen molar-refractivity contribution in [2.45, 2.75) is 25.1 Å². The Morgan fingerprint density at radius 3 is 2.48 bits per heavy atom. The van der Waals surface area contributed by atoms with Gasteiger partial charge in [-0.2, -0.15) is 0 Å². The second-order valence-electron chi connectivity index (χ2n) is 5.82. The molecule has 134 valence electrons. The number of nitrogens with one attached hydrogen (secondary N) is 1. The van der Waals surface area contributed by atoms with Crippen LogP contribution in [0.5, 0.6) is 0 Å². The van der Waals surface area contributed by atoms with Crippen molar-refractivity contribution >= 4 is 21.7 Å². The lowest BCUT2D eigenvalue weighted by Crippen LogP contribution is -2.30. The zero-order chi connectivity index (χ0) is 18.6. The second kappa shape index (κ2) is 7.52. The van der Waals surface area contributed by atoms with Crippen LogP contribution in [0, 0.1) is 6.92 Å². The molecule has 1 amide bonds. The number of hydrogen-bond donors (Lipinski definition) is 2. The molecule has 2 aromatic rings. The Morgan fingerprint density at radius 1 is 1.20 bits per heavy atom. The van der Waals surface area contributed by atoms with Crippen molar-refractivity contribution in [2.24, 2.45) is 0 Å². The van der Waals surface area contributed by atoms with E-state index in [1.807, 2.05) is 19.1 Å². The average Bonchev–Trinajstić information content (AvgIpc) is 2.93. The molecule has 1 heterocycles. The van der Waals surface area contributed by atoms with E-state index in [4.69, 9.17) is 9.52 Å². The van der Waals surface area contributed by atoms with E-state index in [1.54, 1.807) is 12.1 Å². The van der Waals surface area contributed by atoms with E-state index in [1.165, 1.54) is 12.1 Å². The molecule has 0 aliphatic rings. The van der Waals surface area contributed by atoms with Gasteiger partial charge >= 0.3 is 5.97 Å². The van der Waals surface area contributed by atoms with E-state index >= 15 is 0 Å². The van der Waals surface area contributed by atoms with Crippen molar-refractivity contribution < 1.29 is 27.5 Å². The van der Waals surface area contributed by atoms with E-state index in [0.717, 1.165) is 11.8 Å². The van der Waals surface area contributed by atoms with Crippen LogP contribution < -0.4 is 5.32 Å². The molecule has 0 saturated heterocycles. The first kappa shape index (κ1) is 18.7. The fourth-order valence-electron chi connectivity index (χ4n) is 2.46. The predicted molar refractivity (Wildman–Crippen MR) is 90.9 cm³/mol. The number of carboxylic acid groups (broad SMARTS) is 1. The maximum atomic E-state index is 12.4. The van der Waals surface area contributed by atoms with Crippen LogP contribution in [0.2, 0.25) is 0 Å². The molecule has 0 radical (unpaired) electrons. The molecule has 8 heteroatoms. The van der Waals surface area contributed by atoms with Crippen molar-refractivity contribution in [3.8, 4) is 0 Å². The van der Waals surface area contributed by atoms with Gasteiger partial charge in [-0.15, -0.1) is 0 Å². The lowest BCUT2D eigenvalue weighted by Gasteiger charge is -2.18. The molecule has 2 N–H and O–H groups in total. The standard InChI is InChI=1S/C17H19NO6S/c1-11-5-3-4-6-13(11)14(9-16(19)20)18-17(21)15-8-7-12(24-15)10-25(2,22)23/h3-8,14H,9-10H2,1-2H3,(H,18,21)(H,19,20). The Bertz CT molecular complexity index is 884. The van der Waals surface area contributed by atoms with Crippen LogP contribution in [-0.4, -0.2) is 31.7 Å². The lowest BCUT2D eigenvalue weighted by molar-refractivity contribution is -0.137. The van der Waals surface area contributed by atoms with Crippen LogP contribution in [0.15, 0.2) is 40.8 Å². The number of aryl methyl sites for hydroxylation is 1. The Hall–Kier alpha value is -2.61. The summed E-state index contributed by atoms with van der Waals surface area (Å²) in [7, 11) is -3.28. The highest BCUT2D eigenvalue weighted by atomic mass is 32.2. The fraction of sp³-hybridized carbons (Fsp3) is 0.294. The van der Waals surface area contributed by atoms with Gasteiger partial charge in [0.05, 0.1) is 12.5 Å². The molecule has 0 bridgehead atoms. The van der Waals surface area contributed by atoms with Gasteiger partial charge in [-0.05, 0) is 30.2 Å². The Kier molecular flexibility index (Phi) is 5.63. The molecular weight excluding hydrogens is 346 g/mol. The third-order valence-corrected chi connectivity index (χ3v) is 4.35. The number of aliphatic carboxylic acids is 1. The number of carboxylic acids is 1. The molecule has 1 aromatic carbocycles. The Labute approximate surface area is 145 Å². The summed E-state index contributed by atoms with van der Waals surface area (Å²) < 4.78 is 27.8. The van der Waals surface area contributed by atoms with Gasteiger partial charge in [-0.1, -0.05) is 24.3 Å². The molecule has 0 spiro atoms. The summed E-state index contributed by atoms with van der Waals surface area (Å²) >= 11 is 0. The molecule has 1 aromatic heterocycles. The van der Waals surface area contributed by atoms with Gasteiger partial charge in [0.25, 0.3) is 5.91 Å². The van der Waals surface area contributed by atoms with Crippen LogP contribution in [0.4, 0.5) is 0 Å². The molecule has 0 aliphatic carbocycles. The number of sulfone groups is 1. The van der Waals surface area contributed by atoms with Crippen LogP contribution in [0.3, 0.4) is 0 Å². The van der Waals surface area contributed by atoms with E-state index in [-0.39, 0.29) is 23.7 Å². The second-order valence-corrected chi connectivity index (χ2v) is 7.96. The smallest absolute Gasteiger partial charge is 0.305 e. The molecule has 0 saturated carbocycles. The summed E-state index contributed by atoms with van der Waals surface area (Å²) in [5.41, 5.74) is 1.55. The molecule has 0 fully saturated rings. The molecular formula is C17H19NO6S. The van der Waals surface area contributed by atoms with Crippen molar-refractivity contribution in [3.05, 3.63) is 59.0 Å². The van der Waals surface area contributed by atoms with Gasteiger partial charge in [-0.25, -0.2) is 8.42 Å². The minimum atomic E-state index is -3.28. The summed E-state index contributed by atoms with van der Waals surface area (Å²) in [5, 5.41) is 11.7. The number of amides is 1. The van der Waals surface area contributed by atoms with Crippen molar-refractivity contribution in [3.63, 3.8) is 0 Å². The molecule has 0 aliphatic heterocycles. The van der Waals surface area contributed by atoms with Crippen LogP contribution in [-0.2, 0) is 20.4 Å². The Morgan fingerprint density at radius 2 is 1.88 bits per heavy atom. The molecule has 1 atom stereocenters. The zero-order valence-corrected chi connectivity index (χ0v) is 14.7. The van der Waals surface area contributed by atoms with Crippen molar-refractivity contribution in [1.82, 2.24) is 5.32 Å². The van der Waals surface area contributed by atoms with Gasteiger partial charge < -0.3 is 14.8 Å². The average molecular weight is 365 g/mol. The highest BCUT2D eigenvalue weighted by molar-refractivity contribution is 7.89. The summed E-state index contributed by atoms with van der Waals surface area (Å²) in [4.78, 5) is 23.5. The zero-order valence-electron chi connectivity index (χ0n) is 13.9. The van der Waals surface area contributed by atoms with Crippen LogP contribution in [0.1, 0.15) is 39.9 Å². The normalized spacial score (nSPS) is 12.6. The maximum absolute atomic E-state index is 12.4. The van der Waals surface area contributed by atoms with Gasteiger partial charge in [-0.3, -0.25) is 9.59 Å². The summed E-state index contributed by atoms with van der Waals surface area (Å²) in [6, 6.07) is 9.22. The summed E-state index contributed by atoms with van der Waals surface area (Å²) in [6.07, 6.45) is 0.782. The van der Waals surface area contributed by atoms with E-state index in [2.05, 4.69) is 5.32 Å². The van der Waals surface area contributed by atoms with E-state index in [0.29, 0.717) is 5.56 Å². The third-order valence-electron chi connectivity index (χ3n) is 3.54. The predicted octanol–water partition coefficient (Wildman–Crippen LogP) is 2.08. The highest BCUT2D eigenvalue weighted by Gasteiger charge is 2.22. The van der Waals surface area contributed by atoms with E-state index in [9.17, 15) is 18.0 Å². The minimum absolute atomic E-state index is 0.0670. The molecule has 25 heavy (non-hydrogen) atoms. The SMILES string of the molecule is Cc1ccccc1C(CC(=O)O)NC(=O)c1ccc(CS(C)(=O)=O)o1. The number of carbonyl (C=O) groups is 2. The number of hydrogen-bond acceptors (Lipinski definition) is 5. The minimum Gasteiger partial charge on any atom is -0.481 e. The Balaban J connectivity index is 2.20. The number of furan rings is 1. The van der Waals surface area contributed by atoms with Crippen molar-refractivity contribution in [1.29, 1.82) is 0 Å². The summed E-state index contributed by atoms with van der Waals surface area (Å²) in [6.45, 7) is 1.83. The first-order valence-corrected chi connectivity index (χ1v) is 9.56. The third kappa shape index (κ3) is 5.46. The lowest BCUT2D eigenvalue weighted by atomic mass is 9.98. The van der Waals surface area contributed by atoms with Gasteiger partial charge in [0.15, 0.2) is 15.6 Å². The van der Waals surface area contributed by atoms with Crippen LogP contribution >= 0.6 is 0 Å². The maximum Gasteiger partial charge on any atom is 0.305 e. The quantitative estimate of drug-likeness (QED) is 0.776. The van der Waals surface area contributed by atoms with E-state index < -0.39 is 27.8 Å². The van der Waals surface area contributed by atoms with Gasteiger partial charge in [0, 0.05) is 6.26 Å². The van der Waals surface area contributed by atoms with Crippen molar-refractivity contribution in [2.75, 3.05) is 6.26 Å². The monoisotopic (exact) mass is 365 g/mol. The van der Waals surface area contributed by atoms with Gasteiger partial charge in [0.1, 0.15) is 11.5 Å². The molecule has 1 unspecified atom stereocenters. The highest BCUT2D eigenvalue weighted by Crippen LogP contribution is 2.22. The first-order valence-electron chi connectivity index (χ1n) is 7.50.